The van der Waals surface area contributed by atoms with Crippen LogP contribution in [0, 0.1) is 5.41 Å². The van der Waals surface area contributed by atoms with Gasteiger partial charge in [-0.15, -0.1) is 12.4 Å². The van der Waals surface area contributed by atoms with Crippen molar-refractivity contribution in [2.75, 3.05) is 6.54 Å². The predicted molar refractivity (Wildman–Crippen MR) is 54.0 cm³/mol. The normalized spacial score (nSPS) is 36.0. The highest BCUT2D eigenvalue weighted by molar-refractivity contribution is 5.86. The molecule has 0 aromatic carbocycles. The summed E-state index contributed by atoms with van der Waals surface area (Å²) in [4.78, 5) is 11.5. The highest BCUT2D eigenvalue weighted by Gasteiger charge is 2.48. The minimum absolute atomic E-state index is 0. The summed E-state index contributed by atoms with van der Waals surface area (Å²) >= 11 is 0. The Labute approximate surface area is 85.1 Å². The van der Waals surface area contributed by atoms with Crippen molar-refractivity contribution < 1.29 is 4.79 Å². The molecule has 0 aromatic heterocycles. The van der Waals surface area contributed by atoms with Crippen molar-refractivity contribution in [3.63, 3.8) is 0 Å². The van der Waals surface area contributed by atoms with Gasteiger partial charge in [-0.3, -0.25) is 4.79 Å². The van der Waals surface area contributed by atoms with E-state index in [4.69, 9.17) is 0 Å². The quantitative estimate of drug-likeness (QED) is 0.610. The number of carbonyl (C=O) groups excluding carboxylic acids is 1. The summed E-state index contributed by atoms with van der Waals surface area (Å²) < 4.78 is 0. The molecule has 0 unspecified atom stereocenters. The number of carbonyl (C=O) groups is 1. The van der Waals surface area contributed by atoms with Crippen LogP contribution in [-0.4, -0.2) is 24.5 Å². The predicted octanol–water partition coefficient (Wildman–Crippen LogP) is 0.685. The number of nitrogens with one attached hydrogen (secondary N) is 2. The monoisotopic (exact) mass is 204 g/mol. The fourth-order valence-corrected chi connectivity index (χ4v) is 2.30. The van der Waals surface area contributed by atoms with Crippen molar-refractivity contribution in [3.8, 4) is 0 Å². The maximum atomic E-state index is 11.5. The van der Waals surface area contributed by atoms with E-state index in [1.54, 1.807) is 0 Å². The molecule has 0 bridgehead atoms. The highest BCUT2D eigenvalue weighted by Crippen LogP contribution is 2.32. The number of hydrogen-bond donors (Lipinski definition) is 2. The zero-order chi connectivity index (χ0) is 8.77. The van der Waals surface area contributed by atoms with Gasteiger partial charge < -0.3 is 10.6 Å². The lowest BCUT2D eigenvalue weighted by atomic mass is 9.81. The third-order valence-electron chi connectivity index (χ3n) is 3.14. The number of fused-ring (bicyclic) bond motifs is 1. The first kappa shape index (κ1) is 10.8. The first-order valence-electron chi connectivity index (χ1n) is 4.67. The Morgan fingerprint density at radius 2 is 2.15 bits per heavy atom. The third kappa shape index (κ3) is 1.55. The number of halogens is 1. The Morgan fingerprint density at radius 3 is 2.77 bits per heavy atom. The molecular weight excluding hydrogens is 188 g/mol. The molecule has 2 fully saturated rings. The van der Waals surface area contributed by atoms with E-state index < -0.39 is 0 Å². The van der Waals surface area contributed by atoms with E-state index in [9.17, 15) is 4.79 Å². The molecule has 2 rings (SSSR count). The van der Waals surface area contributed by atoms with Crippen molar-refractivity contribution >= 4 is 18.3 Å². The third-order valence-corrected chi connectivity index (χ3v) is 3.14. The zero-order valence-electron chi connectivity index (χ0n) is 8.09. The average molecular weight is 205 g/mol. The van der Waals surface area contributed by atoms with Gasteiger partial charge in [0, 0.05) is 12.1 Å². The van der Waals surface area contributed by atoms with Crippen LogP contribution in [0.4, 0.5) is 0 Å². The largest absolute Gasteiger partial charge is 0.351 e. The molecule has 2 aliphatic rings. The molecular formula is C9H17ClN2O. The molecule has 2 atom stereocenters. The average Bonchev–Trinajstić information content (AvgIpc) is 2.25. The Hall–Kier alpha value is -0.280. The summed E-state index contributed by atoms with van der Waals surface area (Å²) in [5.74, 6) is 0.201. The van der Waals surface area contributed by atoms with E-state index >= 15 is 0 Å². The smallest absolute Gasteiger partial charge is 0.227 e. The second kappa shape index (κ2) is 3.46. The van der Waals surface area contributed by atoms with E-state index in [-0.39, 0.29) is 23.7 Å². The van der Waals surface area contributed by atoms with Crippen LogP contribution in [-0.2, 0) is 4.79 Å². The topological polar surface area (TPSA) is 41.1 Å². The Balaban J connectivity index is 0.000000845. The fraction of sp³-hybridized carbons (Fsp3) is 0.889. The highest BCUT2D eigenvalue weighted by atomic mass is 35.5. The summed E-state index contributed by atoms with van der Waals surface area (Å²) in [6, 6.07) is 0.722. The van der Waals surface area contributed by atoms with E-state index in [2.05, 4.69) is 10.6 Å². The lowest BCUT2D eigenvalue weighted by Crippen LogP contribution is -2.50. The molecule has 0 aliphatic carbocycles. The summed E-state index contributed by atoms with van der Waals surface area (Å²) in [6.45, 7) is 5.09. The van der Waals surface area contributed by atoms with Gasteiger partial charge in [0.15, 0.2) is 0 Å². The molecule has 13 heavy (non-hydrogen) atoms. The van der Waals surface area contributed by atoms with Crippen LogP contribution < -0.4 is 10.6 Å². The number of rotatable bonds is 0. The van der Waals surface area contributed by atoms with Crippen molar-refractivity contribution in [1.82, 2.24) is 10.6 Å². The van der Waals surface area contributed by atoms with Gasteiger partial charge in [0.2, 0.25) is 5.91 Å². The van der Waals surface area contributed by atoms with Crippen LogP contribution in [0.5, 0.6) is 0 Å². The molecule has 4 heteroatoms. The second-order valence-corrected chi connectivity index (χ2v) is 4.38. The summed E-state index contributed by atoms with van der Waals surface area (Å²) in [7, 11) is 0. The molecule has 2 saturated heterocycles. The maximum absolute atomic E-state index is 11.5. The lowest BCUT2D eigenvalue weighted by Gasteiger charge is -2.32. The van der Waals surface area contributed by atoms with Crippen molar-refractivity contribution in [2.24, 2.45) is 5.41 Å². The molecule has 2 heterocycles. The molecule has 3 nitrogen and oxygen atoms in total. The van der Waals surface area contributed by atoms with Crippen LogP contribution in [0.3, 0.4) is 0 Å². The van der Waals surface area contributed by atoms with Gasteiger partial charge in [-0.1, -0.05) is 0 Å². The molecule has 2 N–H and O–H groups in total. The van der Waals surface area contributed by atoms with Crippen molar-refractivity contribution in [1.29, 1.82) is 0 Å². The molecule has 2 aliphatic heterocycles. The first-order valence-corrected chi connectivity index (χ1v) is 4.67. The second-order valence-electron chi connectivity index (χ2n) is 4.38. The lowest BCUT2D eigenvalue weighted by molar-refractivity contribution is -0.126. The molecule has 1 amide bonds. The number of piperidine rings is 1. The Morgan fingerprint density at radius 1 is 1.46 bits per heavy atom. The van der Waals surface area contributed by atoms with Crippen LogP contribution in [0.2, 0.25) is 0 Å². The van der Waals surface area contributed by atoms with Crippen LogP contribution in [0.15, 0.2) is 0 Å². The van der Waals surface area contributed by atoms with Crippen LogP contribution in [0.1, 0.15) is 26.7 Å². The van der Waals surface area contributed by atoms with Crippen LogP contribution >= 0.6 is 12.4 Å². The zero-order valence-corrected chi connectivity index (χ0v) is 8.91. The van der Waals surface area contributed by atoms with Gasteiger partial charge in [0.25, 0.3) is 0 Å². The minimum atomic E-state index is -0.217. The van der Waals surface area contributed by atoms with E-state index in [1.807, 2.05) is 13.8 Å². The molecule has 0 saturated carbocycles. The molecule has 0 radical (unpaired) electrons. The van der Waals surface area contributed by atoms with Gasteiger partial charge >= 0.3 is 0 Å². The van der Waals surface area contributed by atoms with Gasteiger partial charge in [-0.2, -0.15) is 0 Å². The van der Waals surface area contributed by atoms with Gasteiger partial charge in [0.1, 0.15) is 0 Å². The number of amides is 1. The summed E-state index contributed by atoms with van der Waals surface area (Å²) in [5.41, 5.74) is -0.217. The van der Waals surface area contributed by atoms with Gasteiger partial charge in [-0.05, 0) is 33.2 Å². The molecule has 0 aromatic rings. The van der Waals surface area contributed by atoms with Gasteiger partial charge in [0.05, 0.1) is 5.41 Å². The van der Waals surface area contributed by atoms with Crippen molar-refractivity contribution in [3.05, 3.63) is 0 Å². The summed E-state index contributed by atoms with van der Waals surface area (Å²) in [5, 5.41) is 6.46. The number of hydrogen-bond acceptors (Lipinski definition) is 2. The van der Waals surface area contributed by atoms with Crippen molar-refractivity contribution in [2.45, 2.75) is 38.8 Å². The van der Waals surface area contributed by atoms with Crippen LogP contribution in [0.25, 0.3) is 0 Å². The standard InChI is InChI=1S/C9H16N2O.ClH/c1-9(2)7-6(11-8(9)12)4-3-5-10-7;/h6-7,10H,3-5H2,1-2H3,(H,11,12);1H/t6-,7+;/m0./s1. The SMILES string of the molecule is CC1(C)C(=O)N[C@H]2CCCN[C@H]21.Cl. The van der Waals surface area contributed by atoms with Gasteiger partial charge in [-0.25, -0.2) is 0 Å². The minimum Gasteiger partial charge on any atom is -0.351 e. The maximum Gasteiger partial charge on any atom is 0.227 e. The molecule has 76 valence electrons. The first-order chi connectivity index (χ1) is 5.62. The summed E-state index contributed by atoms with van der Waals surface area (Å²) in [6.07, 6.45) is 2.31. The van der Waals surface area contributed by atoms with E-state index in [0.717, 1.165) is 13.0 Å². The van der Waals surface area contributed by atoms with E-state index in [0.29, 0.717) is 12.1 Å². The van der Waals surface area contributed by atoms with E-state index in [1.165, 1.54) is 6.42 Å². The molecule has 0 spiro atoms. The Bertz CT molecular complexity index is 218. The fourth-order valence-electron chi connectivity index (χ4n) is 2.30. The Kier molecular flexibility index (Phi) is 2.88.